The van der Waals surface area contributed by atoms with Gasteiger partial charge in [0.2, 0.25) is 6.04 Å². The molecule has 0 bridgehead atoms. The van der Waals surface area contributed by atoms with Gasteiger partial charge in [0.05, 0.1) is 0 Å². The van der Waals surface area contributed by atoms with Crippen molar-refractivity contribution in [2.75, 3.05) is 0 Å². The third-order valence-electron chi connectivity index (χ3n) is 2.06. The molecule has 2 nitrogen and oxygen atoms in total. The molecule has 2 heteroatoms. The summed E-state index contributed by atoms with van der Waals surface area (Å²) in [6.07, 6.45) is 8.91. The molecule has 1 fully saturated rings. The molecule has 1 aliphatic rings. The molecule has 0 spiro atoms. The molecule has 1 rings (SSSR count). The summed E-state index contributed by atoms with van der Waals surface area (Å²) < 4.78 is 0. The molecule has 0 aromatic rings. The summed E-state index contributed by atoms with van der Waals surface area (Å²) >= 11 is 0. The first-order valence-corrected chi connectivity index (χ1v) is 4.00. The monoisotopic (exact) mass is 139 g/mol. The van der Waals surface area contributed by atoms with Gasteiger partial charge >= 0.3 is 6.08 Å². The van der Waals surface area contributed by atoms with E-state index in [2.05, 4.69) is 4.99 Å². The maximum absolute atomic E-state index is 9.89. The fraction of sp³-hybridized carbons (Fsp3) is 0.875. The van der Waals surface area contributed by atoms with Crippen molar-refractivity contribution in [3.05, 3.63) is 0 Å². The van der Waals surface area contributed by atoms with Crippen LogP contribution in [0.1, 0.15) is 38.5 Å². The van der Waals surface area contributed by atoms with Crippen molar-refractivity contribution in [3.8, 4) is 0 Å². The molecule has 0 aromatic heterocycles. The van der Waals surface area contributed by atoms with Gasteiger partial charge in [0.25, 0.3) is 0 Å². The average molecular weight is 139 g/mol. The topological polar surface area (TPSA) is 31.2 Å². The van der Waals surface area contributed by atoms with Crippen LogP contribution in [0.25, 0.3) is 0 Å². The van der Waals surface area contributed by atoms with E-state index in [0.29, 0.717) is 6.04 Å². The molecule has 10 heavy (non-hydrogen) atoms. The van der Waals surface area contributed by atoms with Gasteiger partial charge in [0.1, 0.15) is 4.99 Å². The third-order valence-corrected chi connectivity index (χ3v) is 2.06. The van der Waals surface area contributed by atoms with Crippen LogP contribution >= 0.6 is 0 Å². The van der Waals surface area contributed by atoms with E-state index in [-0.39, 0.29) is 0 Å². The zero-order valence-corrected chi connectivity index (χ0v) is 6.18. The zero-order valence-electron chi connectivity index (χ0n) is 6.18. The van der Waals surface area contributed by atoms with Crippen LogP contribution < -0.4 is 4.99 Å². The second kappa shape index (κ2) is 4.24. The normalized spacial score (nSPS) is 21.2. The summed E-state index contributed by atoms with van der Waals surface area (Å²) in [4.78, 5) is 13.6. The van der Waals surface area contributed by atoms with Crippen molar-refractivity contribution < 1.29 is 4.79 Å². The maximum Gasteiger partial charge on any atom is 0.496 e. The van der Waals surface area contributed by atoms with Crippen molar-refractivity contribution in [1.82, 2.24) is 4.99 Å². The van der Waals surface area contributed by atoms with Crippen molar-refractivity contribution in [2.45, 2.75) is 44.6 Å². The third kappa shape index (κ3) is 2.32. The Balaban J connectivity index is 2.34. The Bertz CT molecular complexity index is 130. The highest BCUT2D eigenvalue weighted by Crippen LogP contribution is 2.16. The van der Waals surface area contributed by atoms with E-state index in [0.717, 1.165) is 12.8 Å². The lowest BCUT2D eigenvalue weighted by atomic mass is 10.1. The lowest BCUT2D eigenvalue weighted by Gasteiger charge is -1.91. The molecule has 55 valence electrons. The summed E-state index contributed by atoms with van der Waals surface area (Å²) in [5.74, 6) is 0. The fourth-order valence-corrected chi connectivity index (χ4v) is 1.46. The summed E-state index contributed by atoms with van der Waals surface area (Å²) in [5.41, 5.74) is 0. The minimum Gasteiger partial charge on any atom is -0.154 e. The lowest BCUT2D eigenvalue weighted by Crippen LogP contribution is -2.11. The van der Waals surface area contributed by atoms with Crippen LogP contribution in [-0.4, -0.2) is 12.1 Å². The Morgan fingerprint density at radius 1 is 1.10 bits per heavy atom. The molecule has 0 N–H and O–H groups in total. The summed E-state index contributed by atoms with van der Waals surface area (Å²) in [5, 5.41) is 0. The summed E-state index contributed by atoms with van der Waals surface area (Å²) in [6.45, 7) is 0. The Morgan fingerprint density at radius 2 is 1.70 bits per heavy atom. The van der Waals surface area contributed by atoms with Gasteiger partial charge in [-0.15, -0.1) is 0 Å². The fourth-order valence-electron chi connectivity index (χ4n) is 1.46. The van der Waals surface area contributed by atoms with Crippen molar-refractivity contribution in [2.24, 2.45) is 0 Å². The molecule has 0 atom stereocenters. The van der Waals surface area contributed by atoms with Gasteiger partial charge in [-0.05, 0) is 12.8 Å². The van der Waals surface area contributed by atoms with Crippen LogP contribution in [0, 0.1) is 0 Å². The van der Waals surface area contributed by atoms with Crippen LogP contribution in [0.5, 0.6) is 0 Å². The van der Waals surface area contributed by atoms with Crippen molar-refractivity contribution in [3.63, 3.8) is 0 Å². The van der Waals surface area contributed by atoms with E-state index in [1.807, 2.05) is 0 Å². The highest BCUT2D eigenvalue weighted by atomic mass is 16.1. The first kappa shape index (κ1) is 7.49. The van der Waals surface area contributed by atoms with E-state index < -0.39 is 0 Å². The van der Waals surface area contributed by atoms with Gasteiger partial charge < -0.3 is 0 Å². The second-order valence-electron chi connectivity index (χ2n) is 2.87. The van der Waals surface area contributed by atoms with E-state index in [4.69, 9.17) is 0 Å². The van der Waals surface area contributed by atoms with Crippen molar-refractivity contribution >= 4 is 6.08 Å². The number of rotatable bonds is 1. The van der Waals surface area contributed by atoms with Crippen LogP contribution in [0.15, 0.2) is 0 Å². The predicted octanol–water partition coefficient (Wildman–Crippen LogP) is 1.38. The number of hydrogen-bond acceptors (Lipinski definition) is 2. The number of aliphatic imine (C=N–C) groups is 1. The van der Waals surface area contributed by atoms with E-state index >= 15 is 0 Å². The number of carbonyl (C=O) groups excluding carboxylic acids is 1. The van der Waals surface area contributed by atoms with Crippen LogP contribution in [0.3, 0.4) is 0 Å². The van der Waals surface area contributed by atoms with Gasteiger partial charge in [-0.1, -0.05) is 12.8 Å². The first-order valence-electron chi connectivity index (χ1n) is 4.00. The lowest BCUT2D eigenvalue weighted by molar-refractivity contribution is 0.516. The van der Waals surface area contributed by atoms with Gasteiger partial charge in [0.15, 0.2) is 0 Å². The Morgan fingerprint density at radius 3 is 2.20 bits per heavy atom. The molecule has 0 amide bonds. The first-order chi connectivity index (χ1) is 4.93. The molecule has 1 saturated carbocycles. The van der Waals surface area contributed by atoms with Crippen LogP contribution in [0.2, 0.25) is 0 Å². The molecule has 0 heterocycles. The summed E-state index contributed by atoms with van der Waals surface area (Å²) in [7, 11) is 0. The Kier molecular flexibility index (Phi) is 3.17. The number of hydrogen-bond donors (Lipinski definition) is 0. The number of isocyanates is 1. The molecular formula is C8H13NO+. The van der Waals surface area contributed by atoms with Gasteiger partial charge in [0, 0.05) is 12.8 Å². The van der Waals surface area contributed by atoms with Crippen LogP contribution in [-0.2, 0) is 4.79 Å². The predicted molar refractivity (Wildman–Crippen MR) is 39.3 cm³/mol. The summed E-state index contributed by atoms with van der Waals surface area (Å²) in [6, 6.07) is 0.292. The molecule has 0 saturated heterocycles. The highest BCUT2D eigenvalue weighted by Gasteiger charge is 2.19. The molecule has 0 aliphatic heterocycles. The quantitative estimate of drug-likeness (QED) is 0.307. The Labute approximate surface area is 61.3 Å². The molecular weight excluding hydrogens is 126 g/mol. The number of nitrogens with zero attached hydrogens (tertiary/aromatic N) is 1. The SMILES string of the molecule is O=C=[N+]C1CCCCCC1. The molecule has 0 unspecified atom stereocenters. The molecule has 0 aromatic carbocycles. The largest absolute Gasteiger partial charge is 0.496 e. The zero-order chi connectivity index (χ0) is 7.23. The van der Waals surface area contributed by atoms with Gasteiger partial charge in [-0.2, -0.15) is 4.79 Å². The maximum atomic E-state index is 9.89. The average Bonchev–Trinajstić information content (AvgIpc) is 2.17. The minimum atomic E-state index is 0.292. The Hall–Kier alpha value is -0.620. The minimum absolute atomic E-state index is 0.292. The van der Waals surface area contributed by atoms with E-state index in [1.165, 1.54) is 25.7 Å². The highest BCUT2D eigenvalue weighted by molar-refractivity contribution is 5.31. The van der Waals surface area contributed by atoms with Crippen LogP contribution in [0.4, 0.5) is 0 Å². The van der Waals surface area contributed by atoms with Crippen molar-refractivity contribution in [1.29, 1.82) is 0 Å². The molecule has 1 aliphatic carbocycles. The second-order valence-corrected chi connectivity index (χ2v) is 2.87. The van der Waals surface area contributed by atoms with E-state index in [1.54, 1.807) is 6.08 Å². The van der Waals surface area contributed by atoms with Gasteiger partial charge in [-0.3, -0.25) is 0 Å². The smallest absolute Gasteiger partial charge is 0.154 e. The molecule has 1 radical (unpaired) electrons. The van der Waals surface area contributed by atoms with Gasteiger partial charge in [-0.25, -0.2) is 0 Å². The standard InChI is InChI=1S/C8H13NO/c10-7-9-8-5-3-1-2-4-6-8/h8H,1-6H2/q+1. The van der Waals surface area contributed by atoms with E-state index in [9.17, 15) is 4.79 Å².